The summed E-state index contributed by atoms with van der Waals surface area (Å²) in [7, 11) is 3.31. The van der Waals surface area contributed by atoms with Crippen LogP contribution in [0.3, 0.4) is 0 Å². The maximum absolute atomic E-state index is 11.2. The summed E-state index contributed by atoms with van der Waals surface area (Å²) in [5.41, 5.74) is 1.16. The minimum absolute atomic E-state index is 0.222. The van der Waals surface area contributed by atoms with Crippen LogP contribution >= 0.6 is 0 Å². The van der Waals surface area contributed by atoms with Gasteiger partial charge in [-0.2, -0.15) is 0 Å². The molecule has 0 saturated carbocycles. The van der Waals surface area contributed by atoms with Crippen LogP contribution < -0.4 is 9.47 Å². The number of hydrogen-bond acceptors (Lipinski definition) is 5. The van der Waals surface area contributed by atoms with Crippen LogP contribution in [-0.2, 0) is 16.0 Å². The number of methoxy groups -OCH3 is 1. The van der Waals surface area contributed by atoms with Crippen LogP contribution in [-0.4, -0.2) is 44.4 Å². The molecule has 0 radical (unpaired) electrons. The molecule has 0 amide bonds. The van der Waals surface area contributed by atoms with E-state index in [9.17, 15) is 4.79 Å². The summed E-state index contributed by atoms with van der Waals surface area (Å²) < 4.78 is 15.3. The fourth-order valence-corrected chi connectivity index (χ4v) is 1.99. The molecule has 2 rings (SSSR count). The van der Waals surface area contributed by atoms with Crippen molar-refractivity contribution >= 4 is 5.97 Å². The Labute approximate surface area is 113 Å². The first-order chi connectivity index (χ1) is 9.10. The molecule has 1 unspecified atom stereocenters. The van der Waals surface area contributed by atoms with Gasteiger partial charge in [-0.1, -0.05) is 6.07 Å². The van der Waals surface area contributed by atoms with Crippen LogP contribution in [0.25, 0.3) is 0 Å². The Balaban J connectivity index is 1.95. The Bertz CT molecular complexity index is 461. The first-order valence-electron chi connectivity index (χ1n) is 6.25. The van der Waals surface area contributed by atoms with Gasteiger partial charge in [-0.25, -0.2) is 0 Å². The third kappa shape index (κ3) is 3.38. The van der Waals surface area contributed by atoms with Crippen molar-refractivity contribution in [1.82, 2.24) is 4.90 Å². The molecule has 0 aromatic heterocycles. The van der Waals surface area contributed by atoms with Crippen LogP contribution in [0.4, 0.5) is 0 Å². The third-order valence-electron chi connectivity index (χ3n) is 3.33. The van der Waals surface area contributed by atoms with E-state index in [0.717, 1.165) is 23.5 Å². The molecule has 1 aliphatic heterocycles. The molecule has 19 heavy (non-hydrogen) atoms. The summed E-state index contributed by atoms with van der Waals surface area (Å²) in [4.78, 5) is 13.2. The summed E-state index contributed by atoms with van der Waals surface area (Å²) in [5, 5.41) is 0. The second-order valence-corrected chi connectivity index (χ2v) is 4.73. The predicted octanol–water partition coefficient (Wildman–Crippen LogP) is 1.45. The van der Waals surface area contributed by atoms with E-state index in [1.165, 1.54) is 7.11 Å². The predicted molar refractivity (Wildman–Crippen MR) is 70.4 cm³/mol. The minimum atomic E-state index is -0.222. The van der Waals surface area contributed by atoms with Crippen molar-refractivity contribution in [3.63, 3.8) is 0 Å². The number of nitrogens with zero attached hydrogens (tertiary/aromatic N) is 1. The van der Waals surface area contributed by atoms with Gasteiger partial charge in [-0.15, -0.1) is 0 Å². The van der Waals surface area contributed by atoms with Crippen molar-refractivity contribution in [2.24, 2.45) is 0 Å². The standard InChI is InChI=1S/C14H19NO4/c1-10(15(2)8-14(16)17-3)6-11-4-5-12-13(7-11)19-9-18-12/h4-5,7,10H,6,8-9H2,1-3H3. The molecule has 1 heterocycles. The van der Waals surface area contributed by atoms with Gasteiger partial charge in [0, 0.05) is 6.04 Å². The van der Waals surface area contributed by atoms with E-state index in [1.54, 1.807) is 0 Å². The molecule has 1 aromatic carbocycles. The van der Waals surface area contributed by atoms with Crippen molar-refractivity contribution in [3.05, 3.63) is 23.8 Å². The fraction of sp³-hybridized carbons (Fsp3) is 0.500. The molecule has 0 fully saturated rings. The van der Waals surface area contributed by atoms with E-state index in [1.807, 2.05) is 30.1 Å². The van der Waals surface area contributed by atoms with Gasteiger partial charge in [0.25, 0.3) is 0 Å². The van der Waals surface area contributed by atoms with Gasteiger partial charge in [-0.05, 0) is 38.1 Å². The quantitative estimate of drug-likeness (QED) is 0.754. The molecule has 0 bridgehead atoms. The van der Waals surface area contributed by atoms with Gasteiger partial charge in [0.15, 0.2) is 11.5 Å². The van der Waals surface area contributed by atoms with E-state index in [0.29, 0.717) is 6.54 Å². The van der Waals surface area contributed by atoms with Gasteiger partial charge >= 0.3 is 5.97 Å². The van der Waals surface area contributed by atoms with Crippen molar-refractivity contribution in [1.29, 1.82) is 0 Å². The zero-order valence-corrected chi connectivity index (χ0v) is 11.5. The largest absolute Gasteiger partial charge is 0.468 e. The Morgan fingerprint density at radius 3 is 2.89 bits per heavy atom. The Morgan fingerprint density at radius 1 is 1.42 bits per heavy atom. The van der Waals surface area contributed by atoms with Gasteiger partial charge in [0.2, 0.25) is 6.79 Å². The molecule has 1 aromatic rings. The number of hydrogen-bond donors (Lipinski definition) is 0. The van der Waals surface area contributed by atoms with Gasteiger partial charge in [0.1, 0.15) is 0 Å². The zero-order chi connectivity index (χ0) is 13.8. The third-order valence-corrected chi connectivity index (χ3v) is 3.33. The highest BCUT2D eigenvalue weighted by atomic mass is 16.7. The van der Waals surface area contributed by atoms with Gasteiger partial charge < -0.3 is 14.2 Å². The lowest BCUT2D eigenvalue weighted by Gasteiger charge is -2.23. The molecular formula is C14H19NO4. The number of ether oxygens (including phenoxy) is 3. The summed E-state index contributed by atoms with van der Waals surface area (Å²) in [5.74, 6) is 1.36. The molecular weight excluding hydrogens is 246 g/mol. The van der Waals surface area contributed by atoms with Crippen molar-refractivity contribution in [3.8, 4) is 11.5 Å². The highest BCUT2D eigenvalue weighted by molar-refractivity contribution is 5.71. The summed E-state index contributed by atoms with van der Waals surface area (Å²) in [6.07, 6.45) is 0.837. The Hall–Kier alpha value is -1.75. The highest BCUT2D eigenvalue weighted by Gasteiger charge is 2.17. The summed E-state index contributed by atoms with van der Waals surface area (Å²) in [6.45, 7) is 2.66. The number of likely N-dealkylation sites (N-methyl/N-ethyl adjacent to an activating group) is 1. The lowest BCUT2D eigenvalue weighted by atomic mass is 10.1. The average Bonchev–Trinajstić information content (AvgIpc) is 2.85. The first kappa shape index (κ1) is 13.7. The minimum Gasteiger partial charge on any atom is -0.468 e. The number of carbonyl (C=O) groups excluding carboxylic acids is 1. The fourth-order valence-electron chi connectivity index (χ4n) is 1.99. The Morgan fingerprint density at radius 2 is 2.16 bits per heavy atom. The Kier molecular flexibility index (Phi) is 4.27. The average molecular weight is 265 g/mol. The number of fused-ring (bicyclic) bond motifs is 1. The number of rotatable bonds is 5. The second kappa shape index (κ2) is 5.93. The first-order valence-corrected chi connectivity index (χ1v) is 6.25. The van der Waals surface area contributed by atoms with Crippen molar-refractivity contribution in [2.45, 2.75) is 19.4 Å². The normalized spacial score (nSPS) is 14.5. The van der Waals surface area contributed by atoms with Gasteiger partial charge in [-0.3, -0.25) is 9.69 Å². The summed E-state index contributed by atoms with van der Waals surface area (Å²) in [6, 6.07) is 6.17. The lowest BCUT2D eigenvalue weighted by Crippen LogP contribution is -2.35. The molecule has 1 atom stereocenters. The second-order valence-electron chi connectivity index (χ2n) is 4.73. The van der Waals surface area contributed by atoms with E-state index in [-0.39, 0.29) is 18.8 Å². The molecule has 0 aliphatic carbocycles. The van der Waals surface area contributed by atoms with Gasteiger partial charge in [0.05, 0.1) is 13.7 Å². The SMILES string of the molecule is COC(=O)CN(C)C(C)Cc1ccc2c(c1)OCO2. The van der Waals surface area contributed by atoms with E-state index >= 15 is 0 Å². The zero-order valence-electron chi connectivity index (χ0n) is 11.5. The van der Waals surface area contributed by atoms with Crippen LogP contribution in [0.1, 0.15) is 12.5 Å². The molecule has 0 saturated heterocycles. The smallest absolute Gasteiger partial charge is 0.319 e. The number of carbonyl (C=O) groups is 1. The molecule has 104 valence electrons. The maximum atomic E-state index is 11.2. The molecule has 5 nitrogen and oxygen atoms in total. The number of benzene rings is 1. The molecule has 1 aliphatic rings. The van der Waals surface area contributed by atoms with E-state index < -0.39 is 0 Å². The van der Waals surface area contributed by atoms with Crippen LogP contribution in [0.5, 0.6) is 11.5 Å². The number of esters is 1. The maximum Gasteiger partial charge on any atom is 0.319 e. The molecule has 0 spiro atoms. The monoisotopic (exact) mass is 265 g/mol. The van der Waals surface area contributed by atoms with E-state index in [2.05, 4.69) is 11.7 Å². The van der Waals surface area contributed by atoms with Crippen LogP contribution in [0.2, 0.25) is 0 Å². The van der Waals surface area contributed by atoms with Crippen LogP contribution in [0.15, 0.2) is 18.2 Å². The molecule has 5 heteroatoms. The van der Waals surface area contributed by atoms with Crippen molar-refractivity contribution < 1.29 is 19.0 Å². The molecule has 0 N–H and O–H groups in total. The van der Waals surface area contributed by atoms with E-state index in [4.69, 9.17) is 9.47 Å². The topological polar surface area (TPSA) is 48.0 Å². The highest BCUT2D eigenvalue weighted by Crippen LogP contribution is 2.32. The van der Waals surface area contributed by atoms with Crippen molar-refractivity contribution in [2.75, 3.05) is 27.5 Å². The lowest BCUT2D eigenvalue weighted by molar-refractivity contribution is -0.142. The summed E-state index contributed by atoms with van der Waals surface area (Å²) >= 11 is 0. The van der Waals surface area contributed by atoms with Crippen LogP contribution in [0, 0.1) is 0 Å².